The minimum Gasteiger partial charge on any atom is -0.490 e. The van der Waals surface area contributed by atoms with Gasteiger partial charge in [-0.3, -0.25) is 9.59 Å². The van der Waals surface area contributed by atoms with Gasteiger partial charge in [-0.25, -0.2) is 9.82 Å². The standard InChI is InChI=1S/C21H24FN3O4/c1-3-11-29-18-10-9-15(12-19(18)28-4-2)14-23-25-21(27)13-20(26)24-17-8-6-5-7-16(17)22/h5-10,12,14H,3-4,11,13H2,1-2H3,(H,24,26)(H,25,27). The Morgan fingerprint density at radius 3 is 2.59 bits per heavy atom. The third-order valence-electron chi connectivity index (χ3n) is 3.60. The number of nitrogens with one attached hydrogen (secondary N) is 2. The van der Waals surface area contributed by atoms with Crippen molar-refractivity contribution in [3.63, 3.8) is 0 Å². The van der Waals surface area contributed by atoms with E-state index in [0.717, 1.165) is 6.42 Å². The van der Waals surface area contributed by atoms with Gasteiger partial charge in [-0.1, -0.05) is 19.1 Å². The maximum absolute atomic E-state index is 13.5. The fourth-order valence-corrected chi connectivity index (χ4v) is 2.33. The summed E-state index contributed by atoms with van der Waals surface area (Å²) < 4.78 is 24.7. The third-order valence-corrected chi connectivity index (χ3v) is 3.60. The van der Waals surface area contributed by atoms with Gasteiger partial charge in [-0.05, 0) is 49.2 Å². The maximum Gasteiger partial charge on any atom is 0.249 e. The van der Waals surface area contributed by atoms with Gasteiger partial charge in [0.15, 0.2) is 11.5 Å². The van der Waals surface area contributed by atoms with Gasteiger partial charge in [0.05, 0.1) is 25.1 Å². The van der Waals surface area contributed by atoms with Crippen molar-refractivity contribution >= 4 is 23.7 Å². The van der Waals surface area contributed by atoms with Crippen molar-refractivity contribution < 1.29 is 23.5 Å². The number of carbonyl (C=O) groups is 2. The lowest BCUT2D eigenvalue weighted by molar-refractivity contribution is -0.126. The lowest BCUT2D eigenvalue weighted by Crippen LogP contribution is -2.24. The molecule has 0 aliphatic carbocycles. The van der Waals surface area contributed by atoms with Crippen molar-refractivity contribution in [1.82, 2.24) is 5.43 Å². The molecule has 2 aromatic rings. The monoisotopic (exact) mass is 401 g/mol. The highest BCUT2D eigenvalue weighted by Gasteiger charge is 2.11. The quantitative estimate of drug-likeness (QED) is 0.362. The molecule has 0 bridgehead atoms. The first-order valence-electron chi connectivity index (χ1n) is 9.29. The molecule has 0 fully saturated rings. The first-order valence-corrected chi connectivity index (χ1v) is 9.29. The molecule has 29 heavy (non-hydrogen) atoms. The molecule has 0 spiro atoms. The second-order valence-corrected chi connectivity index (χ2v) is 5.99. The summed E-state index contributed by atoms with van der Waals surface area (Å²) in [6, 6.07) is 11.0. The van der Waals surface area contributed by atoms with Crippen LogP contribution < -0.4 is 20.2 Å². The van der Waals surface area contributed by atoms with E-state index in [4.69, 9.17) is 9.47 Å². The van der Waals surface area contributed by atoms with Crippen LogP contribution in [0.2, 0.25) is 0 Å². The molecule has 0 saturated carbocycles. The van der Waals surface area contributed by atoms with Crippen molar-refractivity contribution in [2.45, 2.75) is 26.7 Å². The van der Waals surface area contributed by atoms with Crippen LogP contribution in [0.15, 0.2) is 47.6 Å². The Bertz CT molecular complexity index is 871. The molecule has 7 nitrogen and oxygen atoms in total. The summed E-state index contributed by atoms with van der Waals surface area (Å²) in [5, 5.41) is 6.17. The Labute approximate surface area is 168 Å². The molecule has 2 aromatic carbocycles. The summed E-state index contributed by atoms with van der Waals surface area (Å²) in [4.78, 5) is 23.7. The van der Waals surface area contributed by atoms with E-state index in [2.05, 4.69) is 15.8 Å². The Morgan fingerprint density at radius 1 is 1.07 bits per heavy atom. The first-order chi connectivity index (χ1) is 14.0. The molecule has 8 heteroatoms. The van der Waals surface area contributed by atoms with E-state index in [1.165, 1.54) is 24.4 Å². The number of hydrogen-bond donors (Lipinski definition) is 2. The number of hydrogen-bond acceptors (Lipinski definition) is 5. The number of nitrogens with zero attached hydrogens (tertiary/aromatic N) is 1. The molecule has 0 radical (unpaired) electrons. The summed E-state index contributed by atoms with van der Waals surface area (Å²) >= 11 is 0. The predicted molar refractivity (Wildman–Crippen MR) is 109 cm³/mol. The zero-order chi connectivity index (χ0) is 21.1. The normalized spacial score (nSPS) is 10.6. The number of carbonyl (C=O) groups excluding carboxylic acids is 2. The molecule has 0 aromatic heterocycles. The molecule has 2 rings (SSSR count). The zero-order valence-corrected chi connectivity index (χ0v) is 16.4. The lowest BCUT2D eigenvalue weighted by atomic mass is 10.2. The molecule has 0 atom stereocenters. The molecule has 0 aliphatic rings. The van der Waals surface area contributed by atoms with Gasteiger partial charge >= 0.3 is 0 Å². The van der Waals surface area contributed by atoms with E-state index in [-0.39, 0.29) is 5.69 Å². The summed E-state index contributed by atoms with van der Waals surface area (Å²) in [7, 11) is 0. The van der Waals surface area contributed by atoms with Crippen LogP contribution in [-0.2, 0) is 9.59 Å². The minimum atomic E-state index is -0.640. The largest absolute Gasteiger partial charge is 0.490 e. The molecule has 0 heterocycles. The van der Waals surface area contributed by atoms with E-state index in [9.17, 15) is 14.0 Å². The zero-order valence-electron chi connectivity index (χ0n) is 16.4. The van der Waals surface area contributed by atoms with E-state index < -0.39 is 24.1 Å². The van der Waals surface area contributed by atoms with Crippen LogP contribution in [-0.4, -0.2) is 31.2 Å². The second kappa shape index (κ2) is 11.4. The fourth-order valence-electron chi connectivity index (χ4n) is 2.33. The molecule has 0 aliphatic heterocycles. The highest BCUT2D eigenvalue weighted by molar-refractivity contribution is 6.03. The number of para-hydroxylation sites is 1. The Morgan fingerprint density at radius 2 is 1.86 bits per heavy atom. The van der Waals surface area contributed by atoms with Crippen molar-refractivity contribution in [2.24, 2.45) is 5.10 Å². The summed E-state index contributed by atoms with van der Waals surface area (Å²) in [6.07, 6.45) is 1.82. The maximum atomic E-state index is 13.5. The first kappa shape index (κ1) is 21.9. The number of hydrazone groups is 1. The van der Waals surface area contributed by atoms with Gasteiger partial charge in [0.1, 0.15) is 12.2 Å². The van der Waals surface area contributed by atoms with Gasteiger partial charge in [0.2, 0.25) is 11.8 Å². The van der Waals surface area contributed by atoms with E-state index >= 15 is 0 Å². The number of rotatable bonds is 10. The van der Waals surface area contributed by atoms with Gasteiger partial charge in [-0.15, -0.1) is 0 Å². The lowest BCUT2D eigenvalue weighted by Gasteiger charge is -2.11. The van der Waals surface area contributed by atoms with E-state index in [1.54, 1.807) is 24.3 Å². The van der Waals surface area contributed by atoms with Crippen molar-refractivity contribution in [3.05, 3.63) is 53.8 Å². The van der Waals surface area contributed by atoms with Crippen molar-refractivity contribution in [2.75, 3.05) is 18.5 Å². The van der Waals surface area contributed by atoms with E-state index in [1.807, 2.05) is 13.8 Å². The van der Waals surface area contributed by atoms with Gasteiger partial charge in [0, 0.05) is 0 Å². The minimum absolute atomic E-state index is 0.0163. The van der Waals surface area contributed by atoms with Crippen LogP contribution in [0.25, 0.3) is 0 Å². The molecule has 154 valence electrons. The summed E-state index contributed by atoms with van der Waals surface area (Å²) in [6.45, 7) is 4.95. The fraction of sp³-hybridized carbons (Fsp3) is 0.286. The predicted octanol–water partition coefficient (Wildman–Crippen LogP) is 3.49. The molecular formula is C21H24FN3O4. The van der Waals surface area contributed by atoms with Crippen LogP contribution in [0.1, 0.15) is 32.3 Å². The number of amides is 2. The highest BCUT2D eigenvalue weighted by Crippen LogP contribution is 2.28. The summed E-state index contributed by atoms with van der Waals surface area (Å²) in [5.74, 6) is -0.613. The van der Waals surface area contributed by atoms with Crippen LogP contribution in [0.4, 0.5) is 10.1 Å². The number of benzene rings is 2. The van der Waals surface area contributed by atoms with E-state index in [0.29, 0.717) is 30.3 Å². The average molecular weight is 401 g/mol. The smallest absolute Gasteiger partial charge is 0.249 e. The second-order valence-electron chi connectivity index (χ2n) is 5.99. The van der Waals surface area contributed by atoms with Crippen molar-refractivity contribution in [3.8, 4) is 11.5 Å². The van der Waals surface area contributed by atoms with Crippen molar-refractivity contribution in [1.29, 1.82) is 0 Å². The van der Waals surface area contributed by atoms with Gasteiger partial charge < -0.3 is 14.8 Å². The molecule has 0 saturated heterocycles. The van der Waals surface area contributed by atoms with Crippen LogP contribution >= 0.6 is 0 Å². The topological polar surface area (TPSA) is 89.0 Å². The molecular weight excluding hydrogens is 377 g/mol. The third kappa shape index (κ3) is 7.25. The van der Waals surface area contributed by atoms with Gasteiger partial charge in [-0.2, -0.15) is 5.10 Å². The number of anilines is 1. The Kier molecular flexibility index (Phi) is 8.62. The molecule has 2 N–H and O–H groups in total. The Hall–Kier alpha value is -3.42. The van der Waals surface area contributed by atoms with Crippen LogP contribution in [0.5, 0.6) is 11.5 Å². The number of halogens is 1. The number of ether oxygens (including phenoxy) is 2. The Balaban J connectivity index is 1.89. The molecule has 2 amide bonds. The van der Waals surface area contributed by atoms with Crippen LogP contribution in [0.3, 0.4) is 0 Å². The van der Waals surface area contributed by atoms with Crippen LogP contribution in [0, 0.1) is 5.82 Å². The van der Waals surface area contributed by atoms with Gasteiger partial charge in [0.25, 0.3) is 0 Å². The SMILES string of the molecule is CCCOc1ccc(C=NNC(=O)CC(=O)Nc2ccccc2F)cc1OCC. The summed E-state index contributed by atoms with van der Waals surface area (Å²) in [5.41, 5.74) is 2.97. The average Bonchev–Trinajstić information content (AvgIpc) is 2.69. The molecule has 0 unspecified atom stereocenters. The highest BCUT2D eigenvalue weighted by atomic mass is 19.1.